The normalized spacial score (nSPS) is 11.7. The Balaban J connectivity index is 1.93. The summed E-state index contributed by atoms with van der Waals surface area (Å²) in [4.78, 5) is 26.2. The number of hydrogen-bond donors (Lipinski definition) is 2. The van der Waals surface area contributed by atoms with Crippen LogP contribution in [0, 0.1) is 0 Å². The molecule has 0 fully saturated rings. The van der Waals surface area contributed by atoms with Crippen LogP contribution >= 0.6 is 0 Å². The third-order valence-electron chi connectivity index (χ3n) is 2.70. The van der Waals surface area contributed by atoms with Gasteiger partial charge in [-0.25, -0.2) is 14.5 Å². The number of nitrogens with zero attached hydrogens (tertiary/aromatic N) is 3. The predicted molar refractivity (Wildman–Crippen MR) is 72.9 cm³/mol. The highest BCUT2D eigenvalue weighted by molar-refractivity contribution is 5.93. The predicted octanol–water partition coefficient (Wildman–Crippen LogP) is 0.941. The van der Waals surface area contributed by atoms with E-state index < -0.39 is 18.6 Å². The topological polar surface area (TPSA) is 106 Å². The summed E-state index contributed by atoms with van der Waals surface area (Å²) in [6.07, 6.45) is 2.82. The van der Waals surface area contributed by atoms with Gasteiger partial charge >= 0.3 is 5.97 Å². The molecule has 2 N–H and O–H groups in total. The van der Waals surface area contributed by atoms with E-state index in [0.717, 1.165) is 0 Å². The van der Waals surface area contributed by atoms with Crippen LogP contribution in [0.2, 0.25) is 0 Å². The van der Waals surface area contributed by atoms with Crippen LogP contribution in [0.3, 0.4) is 0 Å². The zero-order valence-corrected chi connectivity index (χ0v) is 11.3. The SMILES string of the molecule is CC(C(=O)Nc1ccc(OCC(=O)O)cc1)n1cncn1. The largest absolute Gasteiger partial charge is 0.482 e. The van der Waals surface area contributed by atoms with Gasteiger partial charge in [-0.2, -0.15) is 5.10 Å². The van der Waals surface area contributed by atoms with E-state index in [4.69, 9.17) is 9.84 Å². The van der Waals surface area contributed by atoms with Crippen LogP contribution in [0.15, 0.2) is 36.9 Å². The number of carbonyl (C=O) groups is 2. The minimum atomic E-state index is -1.05. The van der Waals surface area contributed by atoms with Crippen molar-refractivity contribution < 1.29 is 19.4 Å². The van der Waals surface area contributed by atoms with Crippen molar-refractivity contribution in [1.82, 2.24) is 14.8 Å². The van der Waals surface area contributed by atoms with Crippen molar-refractivity contribution >= 4 is 17.6 Å². The first kappa shape index (κ1) is 14.5. The van der Waals surface area contributed by atoms with Gasteiger partial charge in [0, 0.05) is 5.69 Å². The molecular formula is C13H14N4O4. The highest BCUT2D eigenvalue weighted by atomic mass is 16.5. The van der Waals surface area contributed by atoms with Crippen molar-refractivity contribution in [2.24, 2.45) is 0 Å². The molecule has 2 aromatic rings. The van der Waals surface area contributed by atoms with Crippen molar-refractivity contribution in [3.63, 3.8) is 0 Å². The molecular weight excluding hydrogens is 276 g/mol. The van der Waals surface area contributed by atoms with Crippen LogP contribution in [0.25, 0.3) is 0 Å². The van der Waals surface area contributed by atoms with Crippen molar-refractivity contribution in [3.8, 4) is 5.75 Å². The average Bonchev–Trinajstić information content (AvgIpc) is 2.99. The molecule has 0 aliphatic rings. The number of amides is 1. The molecule has 1 unspecified atom stereocenters. The smallest absolute Gasteiger partial charge is 0.341 e. The van der Waals surface area contributed by atoms with Crippen LogP contribution in [0.5, 0.6) is 5.75 Å². The van der Waals surface area contributed by atoms with Gasteiger partial charge in [0.25, 0.3) is 0 Å². The average molecular weight is 290 g/mol. The molecule has 1 aromatic carbocycles. The molecule has 8 heteroatoms. The molecule has 0 spiro atoms. The standard InChI is InChI=1S/C13H14N4O4/c1-9(17-8-14-7-15-17)13(20)16-10-2-4-11(5-3-10)21-6-12(18)19/h2-5,7-9H,6H2,1H3,(H,16,20)(H,18,19). The highest BCUT2D eigenvalue weighted by Crippen LogP contribution is 2.17. The number of anilines is 1. The van der Waals surface area contributed by atoms with Crippen LogP contribution < -0.4 is 10.1 Å². The monoisotopic (exact) mass is 290 g/mol. The number of rotatable bonds is 6. The van der Waals surface area contributed by atoms with Gasteiger partial charge in [-0.05, 0) is 31.2 Å². The van der Waals surface area contributed by atoms with E-state index in [9.17, 15) is 9.59 Å². The Labute approximate surface area is 120 Å². The second kappa shape index (κ2) is 6.51. The Morgan fingerprint density at radius 1 is 1.38 bits per heavy atom. The number of nitrogens with one attached hydrogen (secondary N) is 1. The zero-order valence-electron chi connectivity index (χ0n) is 11.3. The summed E-state index contributed by atoms with van der Waals surface area (Å²) in [6.45, 7) is 1.30. The summed E-state index contributed by atoms with van der Waals surface area (Å²) in [5.74, 6) is -0.867. The third kappa shape index (κ3) is 4.03. The van der Waals surface area contributed by atoms with E-state index in [0.29, 0.717) is 11.4 Å². The summed E-state index contributed by atoms with van der Waals surface area (Å²) >= 11 is 0. The van der Waals surface area contributed by atoms with Crippen molar-refractivity contribution in [1.29, 1.82) is 0 Å². The lowest BCUT2D eigenvalue weighted by Gasteiger charge is -2.12. The molecule has 0 bridgehead atoms. The maximum absolute atomic E-state index is 12.0. The van der Waals surface area contributed by atoms with Crippen molar-refractivity contribution in [2.45, 2.75) is 13.0 Å². The molecule has 0 saturated heterocycles. The fourth-order valence-corrected chi connectivity index (χ4v) is 1.56. The van der Waals surface area contributed by atoms with Crippen LogP contribution in [0.4, 0.5) is 5.69 Å². The minimum Gasteiger partial charge on any atom is -0.482 e. The molecule has 1 amide bonds. The van der Waals surface area contributed by atoms with E-state index in [1.807, 2.05) is 0 Å². The van der Waals surface area contributed by atoms with Gasteiger partial charge in [-0.3, -0.25) is 4.79 Å². The molecule has 21 heavy (non-hydrogen) atoms. The van der Waals surface area contributed by atoms with E-state index in [1.54, 1.807) is 31.2 Å². The van der Waals surface area contributed by atoms with E-state index >= 15 is 0 Å². The fourth-order valence-electron chi connectivity index (χ4n) is 1.56. The lowest BCUT2D eigenvalue weighted by atomic mass is 10.2. The summed E-state index contributed by atoms with van der Waals surface area (Å²) in [5.41, 5.74) is 0.578. The Morgan fingerprint density at radius 3 is 2.67 bits per heavy atom. The second-order valence-electron chi connectivity index (χ2n) is 4.25. The summed E-state index contributed by atoms with van der Waals surface area (Å²) in [5, 5.41) is 15.1. The quantitative estimate of drug-likeness (QED) is 0.820. The Hall–Kier alpha value is -2.90. The molecule has 0 radical (unpaired) electrons. The Kier molecular flexibility index (Phi) is 4.50. The van der Waals surface area contributed by atoms with Crippen LogP contribution in [0.1, 0.15) is 13.0 Å². The Morgan fingerprint density at radius 2 is 2.10 bits per heavy atom. The van der Waals surface area contributed by atoms with E-state index in [2.05, 4.69) is 15.4 Å². The number of aliphatic carboxylic acids is 1. The Bertz CT molecular complexity index is 610. The van der Waals surface area contributed by atoms with Crippen LogP contribution in [-0.4, -0.2) is 38.4 Å². The van der Waals surface area contributed by atoms with Gasteiger partial charge in [0.1, 0.15) is 24.4 Å². The molecule has 8 nitrogen and oxygen atoms in total. The maximum Gasteiger partial charge on any atom is 0.341 e. The molecule has 110 valence electrons. The van der Waals surface area contributed by atoms with Crippen molar-refractivity contribution in [3.05, 3.63) is 36.9 Å². The number of aromatic nitrogens is 3. The van der Waals surface area contributed by atoms with Gasteiger partial charge in [0.2, 0.25) is 5.91 Å². The summed E-state index contributed by atoms with van der Waals surface area (Å²) in [6, 6.07) is 5.93. The third-order valence-corrected chi connectivity index (χ3v) is 2.70. The van der Waals surface area contributed by atoms with Crippen molar-refractivity contribution in [2.75, 3.05) is 11.9 Å². The number of carboxylic acids is 1. The molecule has 0 aliphatic heterocycles. The lowest BCUT2D eigenvalue weighted by molar-refractivity contribution is -0.139. The van der Waals surface area contributed by atoms with Gasteiger partial charge in [0.05, 0.1) is 0 Å². The second-order valence-corrected chi connectivity index (χ2v) is 4.25. The molecule has 2 rings (SSSR count). The maximum atomic E-state index is 12.0. The molecule has 0 aliphatic carbocycles. The highest BCUT2D eigenvalue weighted by Gasteiger charge is 2.15. The van der Waals surface area contributed by atoms with Gasteiger partial charge in [-0.1, -0.05) is 0 Å². The van der Waals surface area contributed by atoms with Gasteiger partial charge in [-0.15, -0.1) is 0 Å². The molecule has 1 atom stereocenters. The summed E-state index contributed by atoms with van der Waals surface area (Å²) in [7, 11) is 0. The molecule has 1 aromatic heterocycles. The number of carboxylic acid groups (broad SMARTS) is 1. The van der Waals surface area contributed by atoms with Gasteiger partial charge in [0.15, 0.2) is 6.61 Å². The molecule has 0 saturated carbocycles. The van der Waals surface area contributed by atoms with E-state index in [1.165, 1.54) is 17.3 Å². The van der Waals surface area contributed by atoms with E-state index in [-0.39, 0.29) is 5.91 Å². The van der Waals surface area contributed by atoms with Crippen LogP contribution in [-0.2, 0) is 9.59 Å². The molecule has 1 heterocycles. The number of ether oxygens (including phenoxy) is 1. The first-order chi connectivity index (χ1) is 10.1. The minimum absolute atomic E-state index is 0.236. The zero-order chi connectivity index (χ0) is 15.2. The lowest BCUT2D eigenvalue weighted by Crippen LogP contribution is -2.24. The number of hydrogen-bond acceptors (Lipinski definition) is 5. The first-order valence-corrected chi connectivity index (χ1v) is 6.16. The first-order valence-electron chi connectivity index (χ1n) is 6.16. The van der Waals surface area contributed by atoms with Gasteiger partial charge < -0.3 is 15.2 Å². The fraction of sp³-hybridized carbons (Fsp3) is 0.231. The number of carbonyl (C=O) groups excluding carboxylic acids is 1. The number of benzene rings is 1. The summed E-state index contributed by atoms with van der Waals surface area (Å²) < 4.78 is 6.44.